The van der Waals surface area contributed by atoms with E-state index in [2.05, 4.69) is 10.2 Å². The fourth-order valence-electron chi connectivity index (χ4n) is 3.98. The lowest BCUT2D eigenvalue weighted by Gasteiger charge is -2.24. The first-order valence-electron chi connectivity index (χ1n) is 9.43. The summed E-state index contributed by atoms with van der Waals surface area (Å²) in [5.74, 6) is 0.445. The molecule has 1 unspecified atom stereocenters. The van der Waals surface area contributed by atoms with Gasteiger partial charge >= 0.3 is 0 Å². The van der Waals surface area contributed by atoms with Crippen molar-refractivity contribution in [3.8, 4) is 11.5 Å². The summed E-state index contributed by atoms with van der Waals surface area (Å²) in [6.07, 6.45) is 0. The summed E-state index contributed by atoms with van der Waals surface area (Å²) in [5.41, 5.74) is 3.36. The number of ether oxygens (including phenoxy) is 2. The fourth-order valence-corrected chi connectivity index (χ4v) is 4.56. The highest BCUT2D eigenvalue weighted by molar-refractivity contribution is 7.13. The zero-order valence-corrected chi connectivity index (χ0v) is 17.7. The molecule has 5 rings (SSSR count). The molecule has 4 aromatic rings. The fraction of sp³-hybridized carbons (Fsp3) is 0.182. The Kier molecular flexibility index (Phi) is 4.48. The maximum Gasteiger partial charge on any atom is 0.297 e. The number of anilines is 1. The zero-order valence-electron chi connectivity index (χ0n) is 16.9. The lowest BCUT2D eigenvalue weighted by molar-refractivity contribution is 0.0970. The van der Waals surface area contributed by atoms with E-state index in [1.54, 1.807) is 30.3 Å². The summed E-state index contributed by atoms with van der Waals surface area (Å²) in [6.45, 7) is 1.90. The Morgan fingerprint density at radius 2 is 1.97 bits per heavy atom. The first-order valence-corrected chi connectivity index (χ1v) is 10.3. The minimum absolute atomic E-state index is 0.00794. The van der Waals surface area contributed by atoms with E-state index in [0.717, 1.165) is 5.56 Å². The summed E-state index contributed by atoms with van der Waals surface area (Å²) >= 11 is 1.20. The highest BCUT2D eigenvalue weighted by atomic mass is 32.1. The Morgan fingerprint density at radius 1 is 1.13 bits per heavy atom. The van der Waals surface area contributed by atoms with Gasteiger partial charge in [0.2, 0.25) is 10.9 Å². The molecule has 156 valence electrons. The Bertz CT molecular complexity index is 1380. The number of fused-ring (bicyclic) bond motifs is 2. The summed E-state index contributed by atoms with van der Waals surface area (Å²) < 4.78 is 17.0. The van der Waals surface area contributed by atoms with E-state index >= 15 is 0 Å². The van der Waals surface area contributed by atoms with E-state index in [0.29, 0.717) is 33.2 Å². The number of amides is 1. The van der Waals surface area contributed by atoms with E-state index < -0.39 is 11.9 Å². The minimum atomic E-state index is -0.804. The highest BCUT2D eigenvalue weighted by Gasteiger charge is 2.46. The van der Waals surface area contributed by atoms with Crippen LogP contribution in [0.2, 0.25) is 0 Å². The van der Waals surface area contributed by atoms with Crippen LogP contribution >= 0.6 is 11.3 Å². The first kappa shape index (κ1) is 19.3. The van der Waals surface area contributed by atoms with E-state index in [9.17, 15) is 9.59 Å². The number of nitrogens with zero attached hydrogens (tertiary/aromatic N) is 3. The van der Waals surface area contributed by atoms with Crippen LogP contribution in [0, 0.1) is 6.92 Å². The molecule has 0 saturated carbocycles. The van der Waals surface area contributed by atoms with Gasteiger partial charge < -0.3 is 13.9 Å². The van der Waals surface area contributed by atoms with Crippen molar-refractivity contribution in [2.75, 3.05) is 19.1 Å². The molecule has 1 atom stereocenters. The lowest BCUT2D eigenvalue weighted by Crippen LogP contribution is -2.29. The van der Waals surface area contributed by atoms with Gasteiger partial charge in [-0.1, -0.05) is 35.1 Å². The molecule has 0 spiro atoms. The molecule has 0 bridgehead atoms. The van der Waals surface area contributed by atoms with Crippen LogP contribution in [-0.2, 0) is 0 Å². The molecule has 8 nitrogen and oxygen atoms in total. The number of carbonyl (C=O) groups excluding carboxylic acids is 1. The van der Waals surface area contributed by atoms with Crippen molar-refractivity contribution in [1.82, 2.24) is 10.2 Å². The smallest absolute Gasteiger partial charge is 0.297 e. The average Bonchev–Trinajstić information content (AvgIpc) is 3.40. The van der Waals surface area contributed by atoms with E-state index in [1.165, 1.54) is 36.0 Å². The van der Waals surface area contributed by atoms with Crippen molar-refractivity contribution in [2.24, 2.45) is 0 Å². The molecule has 9 heteroatoms. The summed E-state index contributed by atoms with van der Waals surface area (Å²) in [5, 5.41) is 8.71. The van der Waals surface area contributed by atoms with Gasteiger partial charge in [0.1, 0.15) is 17.1 Å². The second kappa shape index (κ2) is 7.21. The lowest BCUT2D eigenvalue weighted by atomic mass is 9.97. The molecular weight excluding hydrogens is 418 g/mol. The van der Waals surface area contributed by atoms with Gasteiger partial charge in [-0.15, -0.1) is 10.2 Å². The van der Waals surface area contributed by atoms with E-state index in [1.807, 2.05) is 13.0 Å². The number of aryl methyl sites for hydroxylation is 1. The van der Waals surface area contributed by atoms with Crippen LogP contribution in [0.1, 0.15) is 33.3 Å². The minimum Gasteiger partial charge on any atom is -0.493 e. The molecule has 31 heavy (non-hydrogen) atoms. The van der Waals surface area contributed by atoms with E-state index in [-0.39, 0.29) is 16.8 Å². The molecule has 0 radical (unpaired) electrons. The Hall–Kier alpha value is -3.72. The van der Waals surface area contributed by atoms with Crippen LogP contribution in [0.25, 0.3) is 11.0 Å². The third kappa shape index (κ3) is 2.81. The largest absolute Gasteiger partial charge is 0.493 e. The molecule has 0 fully saturated rings. The maximum absolute atomic E-state index is 13.6. The van der Waals surface area contributed by atoms with Crippen molar-refractivity contribution in [2.45, 2.75) is 13.0 Å². The third-order valence-electron chi connectivity index (χ3n) is 5.31. The number of rotatable bonds is 4. The monoisotopic (exact) mass is 435 g/mol. The van der Waals surface area contributed by atoms with Gasteiger partial charge in [0, 0.05) is 5.56 Å². The molecule has 1 aliphatic rings. The Labute approximate surface area is 180 Å². The second-order valence-electron chi connectivity index (χ2n) is 7.06. The summed E-state index contributed by atoms with van der Waals surface area (Å²) in [4.78, 5) is 28.5. The number of para-hydroxylation sites is 1. The number of benzene rings is 2. The van der Waals surface area contributed by atoms with Gasteiger partial charge in [-0.25, -0.2) is 0 Å². The molecule has 0 saturated heterocycles. The maximum atomic E-state index is 13.6. The zero-order chi connectivity index (χ0) is 21.7. The standard InChI is InChI=1S/C22H17N3O5S/c1-11-7-8-14-13(9-11)18(26)16-17(12-5-4-6-15(28-2)19(12)29-3)25(21(27)20(16)30-14)22-24-23-10-31-22/h4-10,17H,1-3H3. The predicted molar refractivity (Wildman–Crippen MR) is 115 cm³/mol. The van der Waals surface area contributed by atoms with Crippen LogP contribution < -0.4 is 19.8 Å². The van der Waals surface area contributed by atoms with Crippen LogP contribution in [0.5, 0.6) is 11.5 Å². The van der Waals surface area contributed by atoms with Crippen LogP contribution in [0.15, 0.2) is 51.1 Å². The van der Waals surface area contributed by atoms with Gasteiger partial charge in [0.25, 0.3) is 5.91 Å². The molecule has 1 aliphatic heterocycles. The van der Waals surface area contributed by atoms with Crippen molar-refractivity contribution in [1.29, 1.82) is 0 Å². The molecule has 2 aromatic carbocycles. The normalized spacial score (nSPS) is 15.4. The van der Waals surface area contributed by atoms with Crippen LogP contribution in [0.4, 0.5) is 5.13 Å². The summed E-state index contributed by atoms with van der Waals surface area (Å²) in [6, 6.07) is 9.83. The number of hydrogen-bond donors (Lipinski definition) is 0. The third-order valence-corrected chi connectivity index (χ3v) is 6.00. The molecule has 3 heterocycles. The quantitative estimate of drug-likeness (QED) is 0.482. The number of hydrogen-bond acceptors (Lipinski definition) is 8. The van der Waals surface area contributed by atoms with Gasteiger partial charge in [0.05, 0.1) is 25.2 Å². The second-order valence-corrected chi connectivity index (χ2v) is 7.87. The van der Waals surface area contributed by atoms with Crippen molar-refractivity contribution < 1.29 is 18.7 Å². The van der Waals surface area contributed by atoms with Crippen LogP contribution in [-0.4, -0.2) is 30.3 Å². The van der Waals surface area contributed by atoms with E-state index in [4.69, 9.17) is 13.9 Å². The molecule has 0 N–H and O–H groups in total. The van der Waals surface area contributed by atoms with Gasteiger partial charge in [-0.05, 0) is 25.1 Å². The Balaban J connectivity index is 1.87. The number of methoxy groups -OCH3 is 2. The number of carbonyl (C=O) groups is 1. The van der Waals surface area contributed by atoms with Crippen molar-refractivity contribution >= 4 is 33.3 Å². The number of aromatic nitrogens is 2. The van der Waals surface area contributed by atoms with Crippen molar-refractivity contribution in [3.63, 3.8) is 0 Å². The van der Waals surface area contributed by atoms with Crippen molar-refractivity contribution in [3.05, 3.63) is 74.6 Å². The van der Waals surface area contributed by atoms with Gasteiger partial charge in [0.15, 0.2) is 16.9 Å². The predicted octanol–water partition coefficient (Wildman–Crippen LogP) is 3.72. The topological polar surface area (TPSA) is 94.8 Å². The summed E-state index contributed by atoms with van der Waals surface area (Å²) in [7, 11) is 3.04. The Morgan fingerprint density at radius 3 is 2.68 bits per heavy atom. The molecule has 0 aliphatic carbocycles. The SMILES string of the molecule is COc1cccc(C2c3c(oc4ccc(C)cc4c3=O)C(=O)N2c2nncs2)c1OC. The first-order chi connectivity index (χ1) is 15.0. The van der Waals surface area contributed by atoms with Gasteiger partial charge in [-0.3, -0.25) is 14.5 Å². The highest BCUT2D eigenvalue weighted by Crippen LogP contribution is 2.46. The molecule has 1 amide bonds. The van der Waals surface area contributed by atoms with Crippen LogP contribution in [0.3, 0.4) is 0 Å². The van der Waals surface area contributed by atoms with Gasteiger partial charge in [-0.2, -0.15) is 0 Å². The average molecular weight is 435 g/mol. The molecule has 2 aromatic heterocycles. The molecular formula is C22H17N3O5S.